The van der Waals surface area contributed by atoms with Crippen molar-refractivity contribution in [1.29, 1.82) is 0 Å². The first-order chi connectivity index (χ1) is 11.3. The molecule has 0 bridgehead atoms. The molecule has 0 aliphatic heterocycles. The van der Waals surface area contributed by atoms with Gasteiger partial charge in [-0.25, -0.2) is 0 Å². The zero-order valence-electron chi connectivity index (χ0n) is 13.0. The van der Waals surface area contributed by atoms with Crippen molar-refractivity contribution in [2.75, 3.05) is 0 Å². The molecule has 0 radical (unpaired) electrons. The summed E-state index contributed by atoms with van der Waals surface area (Å²) < 4.78 is 0. The third-order valence-corrected chi connectivity index (χ3v) is 4.14. The second kappa shape index (κ2) is 5.69. The average molecular weight is 295 g/mol. The Balaban J connectivity index is 1.84. The zero-order valence-corrected chi connectivity index (χ0v) is 13.0. The molecular weight excluding hydrogens is 278 g/mol. The van der Waals surface area contributed by atoms with Crippen molar-refractivity contribution in [2.24, 2.45) is 4.99 Å². The SMILES string of the molecule is Cc1ccc2ccc3ccc(C=Nc4ccccc4)cc3c2c1. The molecular formula is C22H17N. The van der Waals surface area contributed by atoms with Crippen LogP contribution < -0.4 is 0 Å². The van der Waals surface area contributed by atoms with Crippen LogP contribution in [-0.2, 0) is 0 Å². The van der Waals surface area contributed by atoms with Gasteiger partial charge in [-0.3, -0.25) is 4.99 Å². The van der Waals surface area contributed by atoms with Gasteiger partial charge in [0.05, 0.1) is 5.69 Å². The van der Waals surface area contributed by atoms with E-state index in [9.17, 15) is 0 Å². The van der Waals surface area contributed by atoms with E-state index in [-0.39, 0.29) is 0 Å². The molecule has 0 amide bonds. The molecule has 0 saturated heterocycles. The van der Waals surface area contributed by atoms with Crippen LogP contribution in [0.15, 0.2) is 83.9 Å². The second-order valence-electron chi connectivity index (χ2n) is 5.86. The van der Waals surface area contributed by atoms with E-state index >= 15 is 0 Å². The quantitative estimate of drug-likeness (QED) is 0.315. The Labute approximate surface area is 135 Å². The smallest absolute Gasteiger partial charge is 0.0629 e. The van der Waals surface area contributed by atoms with Gasteiger partial charge in [-0.2, -0.15) is 0 Å². The van der Waals surface area contributed by atoms with Crippen LogP contribution >= 0.6 is 0 Å². The van der Waals surface area contributed by atoms with Crippen molar-refractivity contribution in [3.05, 3.63) is 90.0 Å². The summed E-state index contributed by atoms with van der Waals surface area (Å²) in [4.78, 5) is 4.56. The summed E-state index contributed by atoms with van der Waals surface area (Å²) in [6, 6.07) is 27.5. The van der Waals surface area contributed by atoms with Crippen molar-refractivity contribution in [2.45, 2.75) is 6.92 Å². The van der Waals surface area contributed by atoms with E-state index in [1.54, 1.807) is 0 Å². The number of hydrogen-bond donors (Lipinski definition) is 0. The molecule has 0 aliphatic rings. The minimum atomic E-state index is 0.973. The maximum atomic E-state index is 4.56. The Hall–Kier alpha value is -2.93. The van der Waals surface area contributed by atoms with Gasteiger partial charge < -0.3 is 0 Å². The van der Waals surface area contributed by atoms with Gasteiger partial charge in [0.25, 0.3) is 0 Å². The van der Waals surface area contributed by atoms with E-state index in [0.717, 1.165) is 11.3 Å². The lowest BCUT2D eigenvalue weighted by Crippen LogP contribution is -1.84. The molecule has 0 saturated carbocycles. The van der Waals surface area contributed by atoms with Gasteiger partial charge in [-0.1, -0.05) is 66.2 Å². The number of benzene rings is 4. The van der Waals surface area contributed by atoms with Crippen LogP contribution in [-0.4, -0.2) is 6.21 Å². The van der Waals surface area contributed by atoms with E-state index in [2.05, 4.69) is 60.4 Å². The summed E-state index contributed by atoms with van der Waals surface area (Å²) in [6.07, 6.45) is 1.93. The predicted octanol–water partition coefficient (Wildman–Crippen LogP) is 6.05. The fraction of sp³-hybridized carbons (Fsp3) is 0.0455. The van der Waals surface area contributed by atoms with Crippen LogP contribution in [0.4, 0.5) is 5.69 Å². The molecule has 0 N–H and O–H groups in total. The standard InChI is InChI=1S/C22H17N/c1-16-7-9-18-11-12-19-10-8-17(14-22(19)21(18)13-16)15-23-20-5-3-2-4-6-20/h2-15H,1H3. The van der Waals surface area contributed by atoms with Gasteiger partial charge >= 0.3 is 0 Å². The van der Waals surface area contributed by atoms with Crippen molar-refractivity contribution in [1.82, 2.24) is 0 Å². The van der Waals surface area contributed by atoms with Crippen molar-refractivity contribution in [3.63, 3.8) is 0 Å². The molecule has 1 nitrogen and oxygen atoms in total. The molecule has 4 aromatic rings. The first kappa shape index (κ1) is 13.7. The first-order valence-corrected chi connectivity index (χ1v) is 7.82. The number of nitrogens with zero attached hydrogens (tertiary/aromatic N) is 1. The predicted molar refractivity (Wildman–Crippen MR) is 99.9 cm³/mol. The Morgan fingerprint density at radius 1 is 0.696 bits per heavy atom. The fourth-order valence-corrected chi connectivity index (χ4v) is 2.92. The van der Waals surface area contributed by atoms with E-state index in [1.807, 2.05) is 36.5 Å². The molecule has 0 unspecified atom stereocenters. The van der Waals surface area contributed by atoms with Crippen molar-refractivity contribution >= 4 is 33.4 Å². The van der Waals surface area contributed by atoms with Gasteiger partial charge in [0.2, 0.25) is 0 Å². The van der Waals surface area contributed by atoms with Gasteiger partial charge in [0.15, 0.2) is 0 Å². The van der Waals surface area contributed by atoms with Gasteiger partial charge in [-0.15, -0.1) is 0 Å². The molecule has 23 heavy (non-hydrogen) atoms. The highest BCUT2D eigenvalue weighted by molar-refractivity contribution is 6.09. The minimum absolute atomic E-state index is 0.973. The largest absolute Gasteiger partial charge is 0.256 e. The number of rotatable bonds is 2. The van der Waals surface area contributed by atoms with Crippen LogP contribution in [0.1, 0.15) is 11.1 Å². The number of para-hydroxylation sites is 1. The number of aliphatic imine (C=N–C) groups is 1. The normalized spacial score (nSPS) is 11.5. The van der Waals surface area contributed by atoms with Crippen LogP contribution in [0.5, 0.6) is 0 Å². The number of hydrogen-bond acceptors (Lipinski definition) is 1. The molecule has 0 spiro atoms. The van der Waals surface area contributed by atoms with E-state index in [1.165, 1.54) is 27.1 Å². The van der Waals surface area contributed by atoms with Crippen LogP contribution in [0.2, 0.25) is 0 Å². The molecule has 4 rings (SSSR count). The molecule has 0 fully saturated rings. The highest BCUT2D eigenvalue weighted by Gasteiger charge is 2.02. The Morgan fingerprint density at radius 3 is 2.13 bits per heavy atom. The average Bonchev–Trinajstić information content (AvgIpc) is 2.60. The monoisotopic (exact) mass is 295 g/mol. The topological polar surface area (TPSA) is 12.4 Å². The van der Waals surface area contributed by atoms with Crippen LogP contribution in [0, 0.1) is 6.92 Å². The maximum absolute atomic E-state index is 4.56. The van der Waals surface area contributed by atoms with Gasteiger partial charge in [-0.05, 0) is 52.2 Å². The summed E-state index contributed by atoms with van der Waals surface area (Å²) in [5.41, 5.74) is 3.38. The molecule has 0 aromatic heterocycles. The zero-order chi connectivity index (χ0) is 15.6. The summed E-state index contributed by atoms with van der Waals surface area (Å²) >= 11 is 0. The van der Waals surface area contributed by atoms with E-state index in [4.69, 9.17) is 0 Å². The third-order valence-electron chi connectivity index (χ3n) is 4.14. The maximum Gasteiger partial charge on any atom is 0.0629 e. The molecule has 0 heterocycles. The lowest BCUT2D eigenvalue weighted by molar-refractivity contribution is 1.51. The van der Waals surface area contributed by atoms with E-state index < -0.39 is 0 Å². The van der Waals surface area contributed by atoms with Gasteiger partial charge in [0.1, 0.15) is 0 Å². The van der Waals surface area contributed by atoms with Gasteiger partial charge in [0, 0.05) is 6.21 Å². The summed E-state index contributed by atoms with van der Waals surface area (Å²) in [5, 5.41) is 5.13. The molecule has 4 aromatic carbocycles. The Morgan fingerprint density at radius 2 is 1.35 bits per heavy atom. The minimum Gasteiger partial charge on any atom is -0.256 e. The van der Waals surface area contributed by atoms with Crippen LogP contribution in [0.25, 0.3) is 21.5 Å². The third kappa shape index (κ3) is 2.74. The van der Waals surface area contributed by atoms with Crippen molar-refractivity contribution < 1.29 is 0 Å². The fourth-order valence-electron chi connectivity index (χ4n) is 2.92. The van der Waals surface area contributed by atoms with Crippen LogP contribution in [0.3, 0.4) is 0 Å². The Kier molecular flexibility index (Phi) is 3.39. The second-order valence-corrected chi connectivity index (χ2v) is 5.86. The molecule has 0 aliphatic carbocycles. The summed E-state index contributed by atoms with van der Waals surface area (Å²) in [7, 11) is 0. The summed E-state index contributed by atoms with van der Waals surface area (Å²) in [6.45, 7) is 2.14. The molecule has 1 heteroatoms. The molecule has 0 atom stereocenters. The number of fused-ring (bicyclic) bond motifs is 3. The lowest BCUT2D eigenvalue weighted by Gasteiger charge is -2.06. The summed E-state index contributed by atoms with van der Waals surface area (Å²) in [5.74, 6) is 0. The Bertz CT molecular complexity index is 1010. The highest BCUT2D eigenvalue weighted by atomic mass is 14.7. The lowest BCUT2D eigenvalue weighted by atomic mass is 9.99. The first-order valence-electron chi connectivity index (χ1n) is 7.82. The highest BCUT2D eigenvalue weighted by Crippen LogP contribution is 2.27. The van der Waals surface area contributed by atoms with E-state index in [0.29, 0.717) is 0 Å². The van der Waals surface area contributed by atoms with Crippen molar-refractivity contribution in [3.8, 4) is 0 Å². The molecule has 110 valence electrons. The number of aryl methyl sites for hydroxylation is 1.